The summed E-state index contributed by atoms with van der Waals surface area (Å²) in [6, 6.07) is 10.0. The molecule has 0 amide bonds. The molecule has 1 heterocycles. The lowest BCUT2D eigenvalue weighted by atomic mass is 9.93. The summed E-state index contributed by atoms with van der Waals surface area (Å²) in [4.78, 5) is 0. The number of nitrogens with one attached hydrogen (secondary N) is 1. The predicted molar refractivity (Wildman–Crippen MR) is 66.6 cm³/mol. The van der Waals surface area contributed by atoms with Gasteiger partial charge in [-0.25, -0.2) is 0 Å². The van der Waals surface area contributed by atoms with E-state index >= 15 is 0 Å². The molecule has 0 saturated carbocycles. The summed E-state index contributed by atoms with van der Waals surface area (Å²) in [6.07, 6.45) is 2.10. The van der Waals surface area contributed by atoms with Crippen molar-refractivity contribution in [3.63, 3.8) is 0 Å². The van der Waals surface area contributed by atoms with E-state index in [0.717, 1.165) is 31.8 Å². The first kappa shape index (κ1) is 12.4. The zero-order valence-corrected chi connectivity index (χ0v) is 9.97. The van der Waals surface area contributed by atoms with Crippen LogP contribution in [0.3, 0.4) is 0 Å². The summed E-state index contributed by atoms with van der Waals surface area (Å²) in [7, 11) is 0. The van der Waals surface area contributed by atoms with Crippen molar-refractivity contribution in [2.75, 3.05) is 19.8 Å². The lowest BCUT2D eigenvalue weighted by Crippen LogP contribution is -2.46. The van der Waals surface area contributed by atoms with Crippen LogP contribution >= 0.6 is 0 Å². The molecule has 0 radical (unpaired) electrons. The third kappa shape index (κ3) is 3.70. The number of hydrogen-bond acceptors (Lipinski definition) is 4. The van der Waals surface area contributed by atoms with Gasteiger partial charge in [-0.1, -0.05) is 18.2 Å². The Hall–Kier alpha value is -1.10. The van der Waals surface area contributed by atoms with Crippen molar-refractivity contribution < 1.29 is 9.47 Å². The van der Waals surface area contributed by atoms with Crippen molar-refractivity contribution in [2.45, 2.75) is 18.9 Å². The van der Waals surface area contributed by atoms with Crippen LogP contribution in [0, 0.1) is 5.92 Å². The van der Waals surface area contributed by atoms with Crippen LogP contribution in [0.2, 0.25) is 0 Å². The van der Waals surface area contributed by atoms with Crippen molar-refractivity contribution in [1.29, 1.82) is 0 Å². The summed E-state index contributed by atoms with van der Waals surface area (Å²) >= 11 is 0. The largest absolute Gasteiger partial charge is 0.492 e. The maximum atomic E-state index is 5.73. The smallest absolute Gasteiger partial charge is 0.119 e. The van der Waals surface area contributed by atoms with E-state index in [1.807, 2.05) is 30.3 Å². The number of rotatable bonds is 5. The molecular formula is C13H20N2O2. The topological polar surface area (TPSA) is 56.5 Å². The fraction of sp³-hybridized carbons (Fsp3) is 0.538. The Bertz CT molecular complexity index is 312. The molecule has 17 heavy (non-hydrogen) atoms. The van der Waals surface area contributed by atoms with E-state index in [9.17, 15) is 0 Å². The Morgan fingerprint density at radius 2 is 2.00 bits per heavy atom. The van der Waals surface area contributed by atoms with E-state index in [1.165, 1.54) is 0 Å². The fourth-order valence-corrected chi connectivity index (χ4v) is 2.14. The maximum absolute atomic E-state index is 5.73. The average Bonchev–Trinajstić information content (AvgIpc) is 2.42. The molecule has 1 unspecified atom stereocenters. The number of nitrogens with two attached hydrogens (primary N) is 1. The van der Waals surface area contributed by atoms with Gasteiger partial charge in [-0.3, -0.25) is 11.3 Å². The summed E-state index contributed by atoms with van der Waals surface area (Å²) < 4.78 is 11.1. The summed E-state index contributed by atoms with van der Waals surface area (Å²) in [5.74, 6) is 7.02. The molecular weight excluding hydrogens is 216 g/mol. The quantitative estimate of drug-likeness (QED) is 0.598. The van der Waals surface area contributed by atoms with Gasteiger partial charge in [0.1, 0.15) is 12.4 Å². The highest BCUT2D eigenvalue weighted by Gasteiger charge is 2.23. The van der Waals surface area contributed by atoms with Gasteiger partial charge in [0.2, 0.25) is 0 Å². The Morgan fingerprint density at radius 1 is 1.29 bits per heavy atom. The zero-order chi connectivity index (χ0) is 11.9. The molecule has 1 atom stereocenters. The van der Waals surface area contributed by atoms with Gasteiger partial charge in [0.05, 0.1) is 6.04 Å². The van der Waals surface area contributed by atoms with Crippen molar-refractivity contribution in [1.82, 2.24) is 5.43 Å². The molecule has 0 aliphatic carbocycles. The zero-order valence-electron chi connectivity index (χ0n) is 9.97. The molecule has 0 bridgehead atoms. The van der Waals surface area contributed by atoms with Crippen molar-refractivity contribution in [3.8, 4) is 5.75 Å². The van der Waals surface area contributed by atoms with E-state index < -0.39 is 0 Å². The summed E-state index contributed by atoms with van der Waals surface area (Å²) in [6.45, 7) is 2.26. The molecule has 2 rings (SSSR count). The Morgan fingerprint density at radius 3 is 2.65 bits per heavy atom. The van der Waals surface area contributed by atoms with Gasteiger partial charge in [-0.05, 0) is 30.9 Å². The number of hydrogen-bond donors (Lipinski definition) is 2. The van der Waals surface area contributed by atoms with E-state index in [2.05, 4.69) is 5.43 Å². The highest BCUT2D eigenvalue weighted by atomic mass is 16.5. The molecule has 1 fully saturated rings. The predicted octanol–water partition coefficient (Wildman–Crippen LogP) is 1.32. The summed E-state index contributed by atoms with van der Waals surface area (Å²) in [5, 5.41) is 0. The molecule has 0 aromatic heterocycles. The lowest BCUT2D eigenvalue weighted by molar-refractivity contribution is 0.0460. The van der Waals surface area contributed by atoms with E-state index in [-0.39, 0.29) is 6.04 Å². The molecule has 1 aromatic carbocycles. The van der Waals surface area contributed by atoms with Crippen molar-refractivity contribution >= 4 is 0 Å². The maximum Gasteiger partial charge on any atom is 0.119 e. The monoisotopic (exact) mass is 236 g/mol. The van der Waals surface area contributed by atoms with Crippen LogP contribution in [0.15, 0.2) is 30.3 Å². The van der Waals surface area contributed by atoms with Crippen LogP contribution < -0.4 is 16.0 Å². The molecule has 1 aromatic rings. The van der Waals surface area contributed by atoms with Gasteiger partial charge in [0, 0.05) is 13.2 Å². The van der Waals surface area contributed by atoms with E-state index in [1.54, 1.807) is 0 Å². The molecule has 1 aliphatic rings. The molecule has 4 nitrogen and oxygen atoms in total. The first-order chi connectivity index (χ1) is 8.40. The first-order valence-electron chi connectivity index (χ1n) is 6.12. The van der Waals surface area contributed by atoms with Crippen LogP contribution in [-0.2, 0) is 4.74 Å². The highest BCUT2D eigenvalue weighted by Crippen LogP contribution is 2.19. The third-order valence-electron chi connectivity index (χ3n) is 3.22. The number of ether oxygens (including phenoxy) is 2. The molecule has 1 aliphatic heterocycles. The fourth-order valence-electron chi connectivity index (χ4n) is 2.14. The van der Waals surface area contributed by atoms with Gasteiger partial charge in [0.25, 0.3) is 0 Å². The van der Waals surface area contributed by atoms with Gasteiger partial charge in [-0.15, -0.1) is 0 Å². The van der Waals surface area contributed by atoms with E-state index in [0.29, 0.717) is 12.5 Å². The molecule has 0 spiro atoms. The van der Waals surface area contributed by atoms with Gasteiger partial charge in [-0.2, -0.15) is 0 Å². The highest BCUT2D eigenvalue weighted by molar-refractivity contribution is 5.20. The molecule has 4 heteroatoms. The Labute approximate surface area is 102 Å². The lowest BCUT2D eigenvalue weighted by Gasteiger charge is -2.29. The minimum atomic E-state index is 0.194. The second kappa shape index (κ2) is 6.59. The van der Waals surface area contributed by atoms with Gasteiger partial charge < -0.3 is 9.47 Å². The second-order valence-electron chi connectivity index (χ2n) is 4.35. The minimum absolute atomic E-state index is 0.194. The Kier molecular flexibility index (Phi) is 4.79. The average molecular weight is 236 g/mol. The Balaban J connectivity index is 1.82. The minimum Gasteiger partial charge on any atom is -0.492 e. The van der Waals surface area contributed by atoms with Crippen LogP contribution in [0.1, 0.15) is 12.8 Å². The van der Waals surface area contributed by atoms with E-state index in [4.69, 9.17) is 15.3 Å². The number of para-hydroxylation sites is 1. The van der Waals surface area contributed by atoms with Crippen molar-refractivity contribution in [3.05, 3.63) is 30.3 Å². The third-order valence-corrected chi connectivity index (χ3v) is 3.22. The standard InChI is InChI=1S/C13H20N2O2/c14-15-13(11-6-8-16-9-7-11)10-17-12-4-2-1-3-5-12/h1-5,11,13,15H,6-10,14H2. The molecule has 94 valence electrons. The number of benzene rings is 1. The van der Waals surface area contributed by atoms with Crippen molar-refractivity contribution in [2.24, 2.45) is 11.8 Å². The van der Waals surface area contributed by atoms with Crippen LogP contribution in [0.5, 0.6) is 5.75 Å². The second-order valence-corrected chi connectivity index (χ2v) is 4.35. The van der Waals surface area contributed by atoms with Crippen LogP contribution in [-0.4, -0.2) is 25.9 Å². The molecule has 3 N–H and O–H groups in total. The van der Waals surface area contributed by atoms with Gasteiger partial charge in [0.15, 0.2) is 0 Å². The number of hydrazine groups is 1. The first-order valence-corrected chi connectivity index (χ1v) is 6.12. The summed E-state index contributed by atoms with van der Waals surface area (Å²) in [5.41, 5.74) is 2.86. The molecule has 1 saturated heterocycles. The normalized spacial score (nSPS) is 18.9. The SMILES string of the molecule is NNC(COc1ccccc1)C1CCOCC1. The van der Waals surface area contributed by atoms with Crippen LogP contribution in [0.4, 0.5) is 0 Å². The van der Waals surface area contributed by atoms with Gasteiger partial charge >= 0.3 is 0 Å². The van der Waals surface area contributed by atoms with Crippen LogP contribution in [0.25, 0.3) is 0 Å².